The molecule has 0 atom stereocenters. The van der Waals surface area contributed by atoms with Gasteiger partial charge >= 0.3 is 65.9 Å². The molecule has 0 aromatic rings. The zero-order valence-corrected chi connectivity index (χ0v) is 6.12. The maximum absolute atomic E-state index is 2.18. The van der Waals surface area contributed by atoms with E-state index in [0.717, 1.165) is 0 Å². The molecule has 0 aliphatic heterocycles. The van der Waals surface area contributed by atoms with Gasteiger partial charge in [-0.2, -0.15) is 0 Å². The third kappa shape index (κ3) is 40.3. The van der Waals surface area contributed by atoms with Crippen LogP contribution in [-0.2, 0) is 0 Å². The second-order valence-corrected chi connectivity index (χ2v) is 1.71. The van der Waals surface area contributed by atoms with Gasteiger partial charge in [-0.1, -0.05) is 0 Å². The van der Waals surface area contributed by atoms with E-state index in [4.69, 9.17) is 0 Å². The topological polar surface area (TPSA) is 0 Å². The Morgan fingerprint density at radius 2 is 1.29 bits per heavy atom. The molecule has 0 N–H and O–H groups in total. The summed E-state index contributed by atoms with van der Waals surface area (Å²) in [4.78, 5) is 0. The van der Waals surface area contributed by atoms with Crippen molar-refractivity contribution in [3.63, 3.8) is 0 Å². The van der Waals surface area contributed by atoms with Crippen molar-refractivity contribution in [2.75, 3.05) is 0 Å². The molecule has 0 aliphatic carbocycles. The first-order chi connectivity index (χ1) is 3.33. The van der Waals surface area contributed by atoms with Crippen molar-refractivity contribution >= 4 is 35.4 Å². The van der Waals surface area contributed by atoms with Gasteiger partial charge in [0.25, 0.3) is 0 Å². The van der Waals surface area contributed by atoms with E-state index in [1.807, 2.05) is 0 Å². The van der Waals surface area contributed by atoms with E-state index in [1.54, 1.807) is 0 Å². The van der Waals surface area contributed by atoms with Gasteiger partial charge in [0.15, 0.2) is 0 Å². The predicted molar refractivity (Wildman–Crippen MR) is 37.1 cm³/mol. The Morgan fingerprint density at radius 3 is 1.29 bits per heavy atom. The Balaban J connectivity index is 0. The molecular weight excluding hydrogens is 73.9 g/mol. The third-order valence-electron chi connectivity index (χ3n) is 0.500. The fraction of sp³-hybridized carbons (Fsp3) is 1.00. The Labute approximate surface area is 65.8 Å². The molecule has 7 heavy (non-hydrogen) atoms. The SMILES string of the molecule is [Li][CH2]C.[Li][CH2]CC. The van der Waals surface area contributed by atoms with Crippen LogP contribution in [0.3, 0.4) is 0 Å². The molecule has 0 aromatic heterocycles. The molecule has 0 aromatic carbocycles. The predicted octanol–water partition coefficient (Wildman–Crippen LogP) is 1.58. The minimum atomic E-state index is 1.25. The maximum atomic E-state index is 2.18. The number of rotatable bonds is 1. The van der Waals surface area contributed by atoms with E-state index < -0.39 is 0 Å². The number of hydrogen-bond donors (Lipinski definition) is 0. The summed E-state index contributed by atoms with van der Waals surface area (Å²) in [5.74, 6) is 0. The van der Waals surface area contributed by atoms with Crippen LogP contribution >= 0.6 is 0 Å². The van der Waals surface area contributed by atoms with Crippen molar-refractivity contribution in [3.05, 3.63) is 0 Å². The van der Waals surface area contributed by atoms with E-state index in [0.29, 0.717) is 0 Å². The zero-order chi connectivity index (χ0) is 6.12. The molecule has 2 heteroatoms. The molecule has 0 heterocycles. The normalized spacial score (nSPS) is 7.14. The summed E-state index contributed by atoms with van der Waals surface area (Å²) in [6.45, 7) is 4.31. The summed E-state index contributed by atoms with van der Waals surface area (Å²) in [7, 11) is 0. The monoisotopic (exact) mass is 86.1 g/mol. The molecular formula is C5H12Li2. The van der Waals surface area contributed by atoms with Crippen molar-refractivity contribution in [1.82, 2.24) is 0 Å². The molecule has 0 nitrogen and oxygen atoms in total. The average Bonchev–Trinajstić information content (AvgIpc) is 1.69. The molecule has 34 valence electrons. The van der Waals surface area contributed by atoms with Gasteiger partial charge in [-0.25, -0.2) is 0 Å². The molecule has 0 rings (SSSR count). The van der Waals surface area contributed by atoms with Crippen LogP contribution < -0.4 is 0 Å². The van der Waals surface area contributed by atoms with Crippen LogP contribution in [-0.4, -0.2) is 35.4 Å². The summed E-state index contributed by atoms with van der Waals surface area (Å²) < 4.78 is 0. The first kappa shape index (κ1) is 11.1. The standard InChI is InChI=1S/C3H7.C2H5.2Li/c1-3-2;1-2;;/h1,3H2,2H3;1H2,2H3;;. The molecule has 0 spiro atoms. The first-order valence-electron chi connectivity index (χ1n) is 3.33. The van der Waals surface area contributed by atoms with Crippen molar-refractivity contribution in [2.24, 2.45) is 0 Å². The van der Waals surface area contributed by atoms with Gasteiger partial charge in [0.2, 0.25) is 0 Å². The third-order valence-corrected chi connectivity index (χ3v) is 0.500. The van der Waals surface area contributed by atoms with Gasteiger partial charge < -0.3 is 0 Å². The Morgan fingerprint density at radius 1 is 1.14 bits per heavy atom. The van der Waals surface area contributed by atoms with E-state index in [1.165, 1.54) is 16.6 Å². The molecule has 0 saturated carbocycles. The van der Waals surface area contributed by atoms with Crippen molar-refractivity contribution in [1.29, 1.82) is 0 Å². The van der Waals surface area contributed by atoms with Crippen LogP contribution in [0.5, 0.6) is 0 Å². The summed E-state index contributed by atoms with van der Waals surface area (Å²) in [6, 6.07) is 0. The molecule has 0 fully saturated rings. The Bertz CT molecular complexity index is 13.6. The summed E-state index contributed by atoms with van der Waals surface area (Å²) in [5, 5.41) is 2.57. The van der Waals surface area contributed by atoms with Crippen LogP contribution in [0, 0.1) is 0 Å². The fourth-order valence-corrected chi connectivity index (χ4v) is 0. The van der Waals surface area contributed by atoms with E-state index in [9.17, 15) is 0 Å². The van der Waals surface area contributed by atoms with Gasteiger partial charge in [-0.05, 0) is 0 Å². The molecule has 0 unspecified atom stereocenters. The first-order valence-corrected chi connectivity index (χ1v) is 3.33. The van der Waals surface area contributed by atoms with Gasteiger partial charge in [0.05, 0.1) is 0 Å². The van der Waals surface area contributed by atoms with Crippen LogP contribution in [0.4, 0.5) is 0 Å². The van der Waals surface area contributed by atoms with Crippen LogP contribution in [0.25, 0.3) is 0 Å². The summed E-state index contributed by atoms with van der Waals surface area (Å²) in [5.41, 5.74) is 0. The van der Waals surface area contributed by atoms with E-state index in [2.05, 4.69) is 49.3 Å². The van der Waals surface area contributed by atoms with Crippen molar-refractivity contribution in [2.45, 2.75) is 30.5 Å². The zero-order valence-electron chi connectivity index (χ0n) is 6.12. The fourth-order valence-electron chi connectivity index (χ4n) is 0. The van der Waals surface area contributed by atoms with Crippen LogP contribution in [0.1, 0.15) is 20.3 Å². The van der Waals surface area contributed by atoms with Gasteiger partial charge in [0, 0.05) is 0 Å². The molecule has 0 amide bonds. The number of hydrogen-bond acceptors (Lipinski definition) is 0. The van der Waals surface area contributed by atoms with Crippen molar-refractivity contribution < 1.29 is 0 Å². The van der Waals surface area contributed by atoms with E-state index >= 15 is 0 Å². The van der Waals surface area contributed by atoms with E-state index in [-0.39, 0.29) is 0 Å². The van der Waals surface area contributed by atoms with Crippen LogP contribution in [0.15, 0.2) is 0 Å². The second kappa shape index (κ2) is 15.7. The summed E-state index contributed by atoms with van der Waals surface area (Å²) >= 11 is 4.31. The molecule has 0 saturated heterocycles. The summed E-state index contributed by atoms with van der Waals surface area (Å²) in [6.07, 6.45) is 1.32. The Hall–Kier alpha value is 1.19. The van der Waals surface area contributed by atoms with Gasteiger partial charge in [0.1, 0.15) is 0 Å². The van der Waals surface area contributed by atoms with Gasteiger partial charge in [-0.3, -0.25) is 0 Å². The minimum absolute atomic E-state index is 1.25. The second-order valence-electron chi connectivity index (χ2n) is 1.71. The van der Waals surface area contributed by atoms with Gasteiger partial charge in [-0.15, -0.1) is 0 Å². The molecule has 0 aliphatic rings. The van der Waals surface area contributed by atoms with Crippen molar-refractivity contribution in [3.8, 4) is 0 Å². The van der Waals surface area contributed by atoms with Crippen LogP contribution in [0.2, 0.25) is 10.2 Å². The molecule has 0 radical (unpaired) electrons. The Kier molecular flexibility index (Phi) is 24.8. The molecule has 0 bridgehead atoms. The average molecular weight is 86.0 g/mol. The quantitative estimate of drug-likeness (QED) is 0.425.